The van der Waals surface area contributed by atoms with Crippen LogP contribution in [0.15, 0.2) is 59.7 Å². The maximum atomic E-state index is 12.7. The highest BCUT2D eigenvalue weighted by Gasteiger charge is 2.11. The highest BCUT2D eigenvalue weighted by Crippen LogP contribution is 2.16. The van der Waals surface area contributed by atoms with Crippen molar-refractivity contribution in [3.63, 3.8) is 0 Å². The Hall–Kier alpha value is -3.61. The van der Waals surface area contributed by atoms with Gasteiger partial charge in [0.05, 0.1) is 6.61 Å². The number of ether oxygens (including phenoxy) is 1. The average Bonchev–Trinajstić information content (AvgIpc) is 2.67. The zero-order valence-corrected chi connectivity index (χ0v) is 16.0. The summed E-state index contributed by atoms with van der Waals surface area (Å²) in [4.78, 5) is 29.0. The third-order valence-corrected chi connectivity index (χ3v) is 4.26. The Morgan fingerprint density at radius 1 is 1.07 bits per heavy atom. The lowest BCUT2D eigenvalue weighted by molar-refractivity contribution is 0.262. The summed E-state index contributed by atoms with van der Waals surface area (Å²) in [6.45, 7) is 6.46. The summed E-state index contributed by atoms with van der Waals surface area (Å²) >= 11 is 0. The Balaban J connectivity index is 1.76. The second-order valence-electron chi connectivity index (χ2n) is 6.26. The minimum absolute atomic E-state index is 0.0517. The first-order chi connectivity index (χ1) is 13.5. The number of amides is 2. The molecule has 1 aromatic heterocycles. The molecule has 0 fully saturated rings. The third kappa shape index (κ3) is 4.37. The molecule has 2 amide bonds. The van der Waals surface area contributed by atoms with Gasteiger partial charge in [-0.1, -0.05) is 6.07 Å². The van der Waals surface area contributed by atoms with Crippen molar-refractivity contribution in [3.8, 4) is 11.4 Å². The van der Waals surface area contributed by atoms with Gasteiger partial charge >= 0.3 is 6.03 Å². The van der Waals surface area contributed by atoms with Crippen LogP contribution in [0.1, 0.15) is 18.1 Å². The first-order valence-electron chi connectivity index (χ1n) is 8.94. The predicted octanol–water partition coefficient (Wildman–Crippen LogP) is 3.89. The number of carbonyl (C=O) groups excluding carboxylic acids is 1. The van der Waals surface area contributed by atoms with Crippen LogP contribution in [0.3, 0.4) is 0 Å². The van der Waals surface area contributed by atoms with Crippen molar-refractivity contribution in [3.05, 3.63) is 76.3 Å². The van der Waals surface area contributed by atoms with Crippen molar-refractivity contribution in [1.29, 1.82) is 0 Å². The number of hydrogen-bond acceptors (Lipinski definition) is 4. The Labute approximate surface area is 163 Å². The van der Waals surface area contributed by atoms with Crippen LogP contribution in [-0.2, 0) is 0 Å². The topological polar surface area (TPSA) is 85.2 Å². The van der Waals surface area contributed by atoms with E-state index in [1.165, 1.54) is 10.8 Å². The number of carbonyl (C=O) groups is 1. The van der Waals surface area contributed by atoms with Gasteiger partial charge in [-0.15, -0.1) is 0 Å². The number of anilines is 2. The Morgan fingerprint density at radius 3 is 2.50 bits per heavy atom. The molecule has 0 radical (unpaired) electrons. The molecule has 3 aromatic rings. The van der Waals surface area contributed by atoms with E-state index < -0.39 is 11.6 Å². The summed E-state index contributed by atoms with van der Waals surface area (Å²) in [5.41, 5.74) is 3.09. The van der Waals surface area contributed by atoms with E-state index in [-0.39, 0.29) is 5.82 Å². The molecule has 0 unspecified atom stereocenters. The van der Waals surface area contributed by atoms with Gasteiger partial charge in [0.15, 0.2) is 0 Å². The number of nitrogens with one attached hydrogen (secondary N) is 2. The fourth-order valence-corrected chi connectivity index (χ4v) is 2.65. The molecule has 0 saturated carbocycles. The molecule has 28 heavy (non-hydrogen) atoms. The second kappa shape index (κ2) is 8.39. The molecule has 0 aliphatic rings. The fourth-order valence-electron chi connectivity index (χ4n) is 2.65. The molecule has 0 bridgehead atoms. The molecule has 3 rings (SSSR count). The van der Waals surface area contributed by atoms with Crippen LogP contribution in [-0.4, -0.2) is 22.2 Å². The lowest BCUT2D eigenvalue weighted by Crippen LogP contribution is -2.28. The van der Waals surface area contributed by atoms with Gasteiger partial charge in [0, 0.05) is 23.8 Å². The summed E-state index contributed by atoms with van der Waals surface area (Å²) < 4.78 is 6.82. The van der Waals surface area contributed by atoms with Gasteiger partial charge in [-0.05, 0) is 68.3 Å². The Morgan fingerprint density at radius 2 is 1.82 bits per heavy atom. The molecule has 2 aromatic carbocycles. The Kier molecular flexibility index (Phi) is 5.74. The van der Waals surface area contributed by atoms with E-state index in [1.807, 2.05) is 39.0 Å². The predicted molar refractivity (Wildman–Crippen MR) is 110 cm³/mol. The quantitative estimate of drug-likeness (QED) is 0.705. The lowest BCUT2D eigenvalue weighted by atomic mass is 10.1. The van der Waals surface area contributed by atoms with Crippen LogP contribution >= 0.6 is 0 Å². The molecule has 7 nitrogen and oxygen atoms in total. The zero-order chi connectivity index (χ0) is 20.1. The number of nitrogens with zero attached hydrogens (tertiary/aromatic N) is 2. The summed E-state index contributed by atoms with van der Waals surface area (Å²) in [7, 11) is 0. The Bertz CT molecular complexity index is 1040. The fraction of sp³-hybridized carbons (Fsp3) is 0.190. The molecule has 2 N–H and O–H groups in total. The van der Waals surface area contributed by atoms with E-state index >= 15 is 0 Å². The molecule has 0 spiro atoms. The maximum Gasteiger partial charge on any atom is 0.325 e. The molecule has 0 aliphatic carbocycles. The van der Waals surface area contributed by atoms with E-state index in [0.29, 0.717) is 18.0 Å². The van der Waals surface area contributed by atoms with Crippen molar-refractivity contribution in [2.24, 2.45) is 0 Å². The SMILES string of the molecule is CCOc1ccc(NC(=O)Nc2nccn(-c3ccc(C)c(C)c3)c2=O)cc1. The minimum atomic E-state index is -0.549. The molecule has 7 heteroatoms. The minimum Gasteiger partial charge on any atom is -0.494 e. The number of aromatic nitrogens is 2. The van der Waals surface area contributed by atoms with Gasteiger partial charge in [0.1, 0.15) is 5.75 Å². The maximum absolute atomic E-state index is 12.7. The van der Waals surface area contributed by atoms with E-state index in [0.717, 1.165) is 16.9 Å². The number of aryl methyl sites for hydroxylation is 2. The van der Waals surface area contributed by atoms with E-state index in [9.17, 15) is 9.59 Å². The summed E-state index contributed by atoms with van der Waals surface area (Å²) in [6.07, 6.45) is 3.05. The van der Waals surface area contributed by atoms with Gasteiger partial charge in [-0.25, -0.2) is 9.78 Å². The van der Waals surface area contributed by atoms with Gasteiger partial charge in [0.25, 0.3) is 5.56 Å². The average molecular weight is 378 g/mol. The lowest BCUT2D eigenvalue weighted by Gasteiger charge is -2.11. The standard InChI is InChI=1S/C21H22N4O3/c1-4-28-18-9-6-16(7-10-18)23-21(27)24-19-20(26)25(12-11-22-19)17-8-5-14(2)15(3)13-17/h5-13H,4H2,1-3H3,(H2,22,23,24,27). The van der Waals surface area contributed by atoms with Crippen LogP contribution in [0.2, 0.25) is 0 Å². The van der Waals surface area contributed by atoms with Gasteiger partial charge in [-0.2, -0.15) is 0 Å². The first kappa shape index (κ1) is 19.2. The number of rotatable bonds is 5. The first-order valence-corrected chi connectivity index (χ1v) is 8.94. The van der Waals surface area contributed by atoms with Crippen molar-refractivity contribution in [2.45, 2.75) is 20.8 Å². The van der Waals surface area contributed by atoms with Crippen LogP contribution in [0.25, 0.3) is 5.69 Å². The number of urea groups is 1. The van der Waals surface area contributed by atoms with Crippen LogP contribution < -0.4 is 20.9 Å². The largest absolute Gasteiger partial charge is 0.494 e. The van der Waals surface area contributed by atoms with Crippen molar-refractivity contribution in [2.75, 3.05) is 17.2 Å². The molecule has 0 saturated heterocycles. The molecule has 0 atom stereocenters. The summed E-state index contributed by atoms with van der Waals surface area (Å²) in [6, 6.07) is 12.1. The number of hydrogen-bond donors (Lipinski definition) is 2. The van der Waals surface area contributed by atoms with Gasteiger partial charge in [-0.3, -0.25) is 14.7 Å². The van der Waals surface area contributed by atoms with E-state index in [1.54, 1.807) is 30.5 Å². The summed E-state index contributed by atoms with van der Waals surface area (Å²) in [5.74, 6) is 0.665. The molecular formula is C21H22N4O3. The second-order valence-corrected chi connectivity index (χ2v) is 6.26. The van der Waals surface area contributed by atoms with Crippen LogP contribution in [0, 0.1) is 13.8 Å². The molecule has 0 aliphatic heterocycles. The van der Waals surface area contributed by atoms with Crippen LogP contribution in [0.5, 0.6) is 5.75 Å². The van der Waals surface area contributed by atoms with Crippen molar-refractivity contribution >= 4 is 17.5 Å². The third-order valence-electron chi connectivity index (χ3n) is 4.26. The van der Waals surface area contributed by atoms with Crippen LogP contribution in [0.4, 0.5) is 16.3 Å². The highest BCUT2D eigenvalue weighted by molar-refractivity contribution is 5.99. The number of benzene rings is 2. The van der Waals surface area contributed by atoms with Gasteiger partial charge < -0.3 is 10.1 Å². The van der Waals surface area contributed by atoms with Crippen molar-refractivity contribution < 1.29 is 9.53 Å². The van der Waals surface area contributed by atoms with E-state index in [4.69, 9.17) is 4.74 Å². The van der Waals surface area contributed by atoms with Gasteiger partial charge in [0.2, 0.25) is 5.82 Å². The summed E-state index contributed by atoms with van der Waals surface area (Å²) in [5, 5.41) is 5.18. The molecule has 144 valence electrons. The van der Waals surface area contributed by atoms with E-state index in [2.05, 4.69) is 15.6 Å². The highest BCUT2D eigenvalue weighted by atomic mass is 16.5. The molecular weight excluding hydrogens is 356 g/mol. The monoisotopic (exact) mass is 378 g/mol. The zero-order valence-electron chi connectivity index (χ0n) is 16.0. The molecule has 1 heterocycles. The smallest absolute Gasteiger partial charge is 0.325 e. The van der Waals surface area contributed by atoms with Crippen molar-refractivity contribution in [1.82, 2.24) is 9.55 Å². The normalized spacial score (nSPS) is 10.4.